The topological polar surface area (TPSA) is 79.8 Å². The number of ether oxygens (including phenoxy) is 1. The van der Waals surface area contributed by atoms with Crippen LogP contribution >= 0.6 is 0 Å². The van der Waals surface area contributed by atoms with E-state index in [-0.39, 0.29) is 48.3 Å². The first-order chi connectivity index (χ1) is 13.4. The Labute approximate surface area is 166 Å². The third-order valence-electron chi connectivity index (χ3n) is 6.05. The molecule has 4 heterocycles. The maximum Gasteiger partial charge on any atom is 0.433 e. The zero-order valence-electron chi connectivity index (χ0n) is 16.1. The Morgan fingerprint density at radius 3 is 2.28 bits per heavy atom. The van der Waals surface area contributed by atoms with E-state index in [0.717, 1.165) is 6.07 Å². The monoisotopic (exact) mass is 433 g/mol. The Morgan fingerprint density at radius 1 is 1.17 bits per heavy atom. The van der Waals surface area contributed by atoms with Crippen LogP contribution in [0.4, 0.5) is 13.2 Å². The minimum Gasteiger partial charge on any atom is -0.374 e. The second-order valence-corrected chi connectivity index (χ2v) is 10.3. The van der Waals surface area contributed by atoms with Crippen molar-refractivity contribution in [3.05, 3.63) is 23.5 Å². The minimum atomic E-state index is -4.64. The van der Waals surface area contributed by atoms with Crippen LogP contribution < -0.4 is 0 Å². The molecule has 1 aromatic rings. The average molecular weight is 433 g/mol. The summed E-state index contributed by atoms with van der Waals surface area (Å²) >= 11 is 0. The summed E-state index contributed by atoms with van der Waals surface area (Å²) in [4.78, 5) is 17.7. The molecule has 1 aromatic heterocycles. The summed E-state index contributed by atoms with van der Waals surface area (Å²) in [5.74, 6) is -0.00287. The van der Waals surface area contributed by atoms with E-state index in [2.05, 4.69) is 4.98 Å². The summed E-state index contributed by atoms with van der Waals surface area (Å²) in [7, 11) is -4.00. The van der Waals surface area contributed by atoms with Gasteiger partial charge in [-0.2, -0.15) is 17.5 Å². The largest absolute Gasteiger partial charge is 0.433 e. The van der Waals surface area contributed by atoms with Crippen molar-refractivity contribution in [3.63, 3.8) is 0 Å². The number of aryl methyl sites for hydroxylation is 1. The van der Waals surface area contributed by atoms with Gasteiger partial charge in [0.15, 0.2) is 0 Å². The molecule has 0 spiro atoms. The summed E-state index contributed by atoms with van der Waals surface area (Å²) in [5.41, 5.74) is -2.03. The van der Waals surface area contributed by atoms with E-state index in [0.29, 0.717) is 25.5 Å². The second-order valence-electron chi connectivity index (χ2n) is 8.35. The Bertz CT molecular complexity index is 950. The first-order valence-electron chi connectivity index (χ1n) is 9.35. The molecule has 0 radical (unpaired) electrons. The van der Waals surface area contributed by atoms with Crippen LogP contribution in [-0.4, -0.2) is 66.9 Å². The van der Waals surface area contributed by atoms with Gasteiger partial charge in [0.2, 0.25) is 15.9 Å². The van der Waals surface area contributed by atoms with Gasteiger partial charge in [-0.05, 0) is 38.8 Å². The van der Waals surface area contributed by atoms with Crippen LogP contribution in [0, 0.1) is 12.3 Å². The number of pyridine rings is 1. The Hall–Kier alpha value is -1.72. The standard InChI is InChI=1S/C18H22F3N3O4S/c1-12-13(3-4-14(22-12)18(19,20)21)29(26,27)24-7-5-23(6-8-24)15(25)17-9-16(2,10-17)28-11-17/h3-4H,5-11H2,1-2H3. The molecule has 160 valence electrons. The second kappa shape index (κ2) is 6.39. The highest BCUT2D eigenvalue weighted by Gasteiger charge is 2.64. The molecule has 2 bridgehead atoms. The van der Waals surface area contributed by atoms with Gasteiger partial charge >= 0.3 is 6.18 Å². The van der Waals surface area contributed by atoms with Gasteiger partial charge in [-0.25, -0.2) is 13.4 Å². The van der Waals surface area contributed by atoms with Crippen LogP contribution in [0.1, 0.15) is 31.2 Å². The number of piperazine rings is 1. The van der Waals surface area contributed by atoms with Crippen molar-refractivity contribution in [2.75, 3.05) is 32.8 Å². The molecule has 11 heteroatoms. The number of hydrogen-bond acceptors (Lipinski definition) is 5. The van der Waals surface area contributed by atoms with Gasteiger partial charge in [-0.3, -0.25) is 4.79 Å². The number of alkyl halides is 3. The molecular formula is C18H22F3N3O4S. The number of rotatable bonds is 3. The Morgan fingerprint density at radius 2 is 1.79 bits per heavy atom. The smallest absolute Gasteiger partial charge is 0.374 e. The fourth-order valence-corrected chi connectivity index (χ4v) is 6.28. The van der Waals surface area contributed by atoms with E-state index in [4.69, 9.17) is 4.74 Å². The predicted molar refractivity (Wildman–Crippen MR) is 95.3 cm³/mol. The minimum absolute atomic E-state index is 0.00287. The van der Waals surface area contributed by atoms with Gasteiger partial charge in [-0.1, -0.05) is 0 Å². The highest BCUT2D eigenvalue weighted by Crippen LogP contribution is 2.58. The Balaban J connectivity index is 1.45. The number of hydrogen-bond donors (Lipinski definition) is 0. The van der Waals surface area contributed by atoms with Crippen molar-refractivity contribution in [2.45, 2.75) is 43.4 Å². The molecule has 4 fully saturated rings. The van der Waals surface area contributed by atoms with Crippen LogP contribution in [0.25, 0.3) is 0 Å². The molecule has 1 aliphatic carbocycles. The number of fused-ring (bicyclic) bond motifs is 1. The fraction of sp³-hybridized carbons (Fsp3) is 0.667. The van der Waals surface area contributed by atoms with E-state index in [1.165, 1.54) is 11.2 Å². The summed E-state index contributed by atoms with van der Waals surface area (Å²) in [6.45, 7) is 4.28. The fourth-order valence-electron chi connectivity index (χ4n) is 4.69. The summed E-state index contributed by atoms with van der Waals surface area (Å²) in [6, 6.07) is 1.62. The number of sulfonamides is 1. The lowest BCUT2D eigenvalue weighted by Crippen LogP contribution is -2.58. The highest BCUT2D eigenvalue weighted by atomic mass is 32.2. The van der Waals surface area contributed by atoms with Gasteiger partial charge in [0.05, 0.1) is 23.3 Å². The lowest BCUT2D eigenvalue weighted by molar-refractivity contribution is -0.147. The lowest BCUT2D eigenvalue weighted by Gasteiger charge is -2.45. The van der Waals surface area contributed by atoms with Gasteiger partial charge < -0.3 is 9.64 Å². The van der Waals surface area contributed by atoms with E-state index in [1.54, 1.807) is 4.90 Å². The zero-order chi connectivity index (χ0) is 21.2. The predicted octanol–water partition coefficient (Wildman–Crippen LogP) is 1.81. The van der Waals surface area contributed by atoms with Crippen LogP contribution in [0.5, 0.6) is 0 Å². The molecule has 0 atom stereocenters. The molecule has 4 aliphatic rings. The van der Waals surface area contributed by atoms with Crippen LogP contribution in [0.2, 0.25) is 0 Å². The van der Waals surface area contributed by atoms with Crippen molar-refractivity contribution in [1.82, 2.24) is 14.2 Å². The van der Waals surface area contributed by atoms with Crippen molar-refractivity contribution >= 4 is 15.9 Å². The molecule has 1 amide bonds. The first kappa shape index (κ1) is 20.5. The number of amides is 1. The Kier molecular flexibility index (Phi) is 4.53. The molecule has 7 nitrogen and oxygen atoms in total. The van der Waals surface area contributed by atoms with E-state index in [1.807, 2.05) is 6.92 Å². The zero-order valence-corrected chi connectivity index (χ0v) is 16.9. The number of carbonyl (C=O) groups excluding carboxylic acids is 1. The molecule has 0 unspecified atom stereocenters. The van der Waals surface area contributed by atoms with E-state index >= 15 is 0 Å². The van der Waals surface area contributed by atoms with Gasteiger partial charge in [0.1, 0.15) is 10.6 Å². The summed E-state index contributed by atoms with van der Waals surface area (Å²) in [6.07, 6.45) is -3.26. The lowest BCUT2D eigenvalue weighted by atomic mass is 9.62. The van der Waals surface area contributed by atoms with Gasteiger partial charge in [0.25, 0.3) is 0 Å². The molecule has 3 aliphatic heterocycles. The SMILES string of the molecule is Cc1nc(C(F)(F)F)ccc1S(=O)(=O)N1CCN(C(=O)C23COC(C)(C2)C3)CC1. The van der Waals surface area contributed by atoms with Gasteiger partial charge in [-0.15, -0.1) is 0 Å². The third kappa shape index (κ3) is 3.32. The molecule has 5 rings (SSSR count). The number of carbonyl (C=O) groups is 1. The van der Waals surface area contributed by atoms with Crippen molar-refractivity contribution in [3.8, 4) is 0 Å². The van der Waals surface area contributed by atoms with E-state index < -0.39 is 27.3 Å². The summed E-state index contributed by atoms with van der Waals surface area (Å²) < 4.78 is 71.0. The maximum atomic E-state index is 12.9. The van der Waals surface area contributed by atoms with Crippen LogP contribution in [0.3, 0.4) is 0 Å². The molecule has 0 aromatic carbocycles. The maximum absolute atomic E-state index is 12.9. The average Bonchev–Trinajstić information content (AvgIpc) is 3.14. The molecule has 29 heavy (non-hydrogen) atoms. The third-order valence-corrected chi connectivity index (χ3v) is 8.08. The highest BCUT2D eigenvalue weighted by molar-refractivity contribution is 7.89. The molecule has 0 N–H and O–H groups in total. The number of nitrogens with zero attached hydrogens (tertiary/aromatic N) is 3. The van der Waals surface area contributed by atoms with E-state index in [9.17, 15) is 26.4 Å². The number of halogens is 3. The molecule has 1 saturated carbocycles. The van der Waals surface area contributed by atoms with Crippen LogP contribution in [0.15, 0.2) is 17.0 Å². The van der Waals surface area contributed by atoms with Crippen molar-refractivity contribution in [2.24, 2.45) is 5.41 Å². The number of aromatic nitrogens is 1. The van der Waals surface area contributed by atoms with Crippen LogP contribution in [-0.2, 0) is 25.7 Å². The molecule has 3 saturated heterocycles. The van der Waals surface area contributed by atoms with Gasteiger partial charge in [0, 0.05) is 26.2 Å². The quantitative estimate of drug-likeness (QED) is 0.727. The first-order valence-corrected chi connectivity index (χ1v) is 10.8. The summed E-state index contributed by atoms with van der Waals surface area (Å²) in [5, 5.41) is 0. The normalized spacial score (nSPS) is 30.3. The molecular weight excluding hydrogens is 411 g/mol. The van der Waals surface area contributed by atoms with Crippen molar-refractivity contribution in [1.29, 1.82) is 0 Å². The van der Waals surface area contributed by atoms with Crippen molar-refractivity contribution < 1.29 is 31.1 Å².